The van der Waals surface area contributed by atoms with E-state index >= 15 is 0 Å². The van der Waals surface area contributed by atoms with Gasteiger partial charge in [0.05, 0.1) is 6.61 Å². The van der Waals surface area contributed by atoms with E-state index in [0.29, 0.717) is 0 Å². The Kier molecular flexibility index (Phi) is 4.10. The summed E-state index contributed by atoms with van der Waals surface area (Å²) in [5.41, 5.74) is 6.15. The van der Waals surface area contributed by atoms with Gasteiger partial charge in [0.2, 0.25) is 0 Å². The van der Waals surface area contributed by atoms with E-state index in [-0.39, 0.29) is 6.61 Å². The molecule has 4 nitrogen and oxygen atoms in total. The number of nitrogens with two attached hydrogens (primary N) is 1. The highest BCUT2D eigenvalue weighted by Crippen LogP contribution is 2.01. The first-order valence-corrected chi connectivity index (χ1v) is 4.31. The van der Waals surface area contributed by atoms with Gasteiger partial charge in [0.1, 0.15) is 12.6 Å². The van der Waals surface area contributed by atoms with Crippen molar-refractivity contribution in [1.29, 1.82) is 0 Å². The maximum atomic E-state index is 11.0. The van der Waals surface area contributed by atoms with Crippen LogP contribution in [0, 0.1) is 0 Å². The topological polar surface area (TPSA) is 72.5 Å². The van der Waals surface area contributed by atoms with Crippen molar-refractivity contribution in [3.05, 3.63) is 35.9 Å². The fourth-order valence-electron chi connectivity index (χ4n) is 0.910. The summed E-state index contributed by atoms with van der Waals surface area (Å²) in [6.45, 7) is -0.207. The first-order chi connectivity index (χ1) is 6.74. The lowest BCUT2D eigenvalue weighted by Crippen LogP contribution is -2.35. The molecule has 76 valence electrons. The second-order valence-electron chi connectivity index (χ2n) is 2.88. The van der Waals surface area contributed by atoms with Gasteiger partial charge >= 0.3 is 5.97 Å². The molecule has 0 heterocycles. The van der Waals surface area contributed by atoms with Gasteiger partial charge in [0.15, 0.2) is 0 Å². The number of ether oxygens (including phenoxy) is 1. The van der Waals surface area contributed by atoms with Crippen LogP contribution in [0.1, 0.15) is 5.56 Å². The minimum Gasteiger partial charge on any atom is -0.460 e. The second kappa shape index (κ2) is 5.36. The molecule has 0 aliphatic carbocycles. The second-order valence-corrected chi connectivity index (χ2v) is 2.88. The minimum absolute atomic E-state index is 0.188. The smallest absolute Gasteiger partial charge is 0.325 e. The predicted octanol–water partition coefficient (Wildman–Crippen LogP) is 0.0494. The molecule has 0 saturated carbocycles. The van der Waals surface area contributed by atoms with E-state index < -0.39 is 18.6 Å². The first-order valence-electron chi connectivity index (χ1n) is 4.31. The van der Waals surface area contributed by atoms with E-state index in [1.54, 1.807) is 0 Å². The van der Waals surface area contributed by atoms with E-state index in [2.05, 4.69) is 0 Å². The summed E-state index contributed by atoms with van der Waals surface area (Å²) in [4.78, 5) is 11.0. The average molecular weight is 195 g/mol. The normalized spacial score (nSPS) is 12.1. The van der Waals surface area contributed by atoms with Crippen LogP contribution in [0.2, 0.25) is 0 Å². The summed E-state index contributed by atoms with van der Waals surface area (Å²) < 4.78 is 4.86. The van der Waals surface area contributed by atoms with Gasteiger partial charge in [-0.2, -0.15) is 0 Å². The molecule has 0 unspecified atom stereocenters. The van der Waals surface area contributed by atoms with Gasteiger partial charge in [0, 0.05) is 0 Å². The lowest BCUT2D eigenvalue weighted by atomic mass is 10.2. The molecule has 0 saturated heterocycles. The van der Waals surface area contributed by atoms with Gasteiger partial charge in [-0.25, -0.2) is 0 Å². The molecule has 1 atom stereocenters. The molecule has 14 heavy (non-hydrogen) atoms. The Labute approximate surface area is 82.3 Å². The molecule has 0 aliphatic rings. The highest BCUT2D eigenvalue weighted by molar-refractivity contribution is 5.75. The van der Waals surface area contributed by atoms with E-state index in [0.717, 1.165) is 5.56 Å². The van der Waals surface area contributed by atoms with Crippen LogP contribution in [0.3, 0.4) is 0 Å². The van der Waals surface area contributed by atoms with Gasteiger partial charge in [-0.05, 0) is 5.56 Å². The summed E-state index contributed by atoms with van der Waals surface area (Å²) in [6, 6.07) is 8.34. The molecule has 0 aromatic heterocycles. The third kappa shape index (κ3) is 3.16. The fourth-order valence-corrected chi connectivity index (χ4v) is 0.910. The SMILES string of the molecule is N[C@H](CO)C(=O)OCc1ccccc1. The summed E-state index contributed by atoms with van der Waals surface area (Å²) in [5, 5.41) is 8.58. The Balaban J connectivity index is 2.38. The molecule has 1 aromatic rings. The lowest BCUT2D eigenvalue weighted by Gasteiger charge is -2.08. The minimum atomic E-state index is -0.946. The Morgan fingerprint density at radius 2 is 2.07 bits per heavy atom. The number of esters is 1. The molecule has 4 heteroatoms. The summed E-state index contributed by atoms with van der Waals surface area (Å²) >= 11 is 0. The molecule has 1 rings (SSSR count). The van der Waals surface area contributed by atoms with Gasteiger partial charge < -0.3 is 15.6 Å². The number of carbonyl (C=O) groups excluding carboxylic acids is 1. The average Bonchev–Trinajstić information content (AvgIpc) is 2.26. The molecule has 0 amide bonds. The van der Waals surface area contributed by atoms with E-state index in [4.69, 9.17) is 15.6 Å². The molecule has 0 aliphatic heterocycles. The molecule has 0 fully saturated rings. The Bertz CT molecular complexity index is 287. The van der Waals surface area contributed by atoms with Crippen LogP contribution in [0.5, 0.6) is 0 Å². The number of aliphatic hydroxyl groups is 1. The molecular weight excluding hydrogens is 182 g/mol. The number of rotatable bonds is 4. The van der Waals surface area contributed by atoms with Crippen molar-refractivity contribution in [2.45, 2.75) is 12.6 Å². The highest BCUT2D eigenvalue weighted by atomic mass is 16.5. The van der Waals surface area contributed by atoms with Gasteiger partial charge in [-0.1, -0.05) is 30.3 Å². The van der Waals surface area contributed by atoms with Crippen LogP contribution in [0.25, 0.3) is 0 Å². The Hall–Kier alpha value is -1.39. The number of hydrogen-bond donors (Lipinski definition) is 2. The standard InChI is InChI=1S/C10H13NO3/c11-9(6-12)10(13)14-7-8-4-2-1-3-5-8/h1-5,9,12H,6-7,11H2/t9-/m1/s1. The van der Waals surface area contributed by atoms with Crippen LogP contribution < -0.4 is 5.73 Å². The summed E-state index contributed by atoms with van der Waals surface area (Å²) in [7, 11) is 0. The van der Waals surface area contributed by atoms with Crippen molar-refractivity contribution in [3.63, 3.8) is 0 Å². The summed E-state index contributed by atoms with van der Waals surface area (Å²) in [6.07, 6.45) is 0. The fraction of sp³-hybridized carbons (Fsp3) is 0.300. The molecule has 0 spiro atoms. The van der Waals surface area contributed by atoms with Crippen molar-refractivity contribution in [2.75, 3.05) is 6.61 Å². The molecular formula is C10H13NO3. The van der Waals surface area contributed by atoms with E-state index in [9.17, 15) is 4.79 Å². The maximum absolute atomic E-state index is 11.0. The molecule has 3 N–H and O–H groups in total. The molecule has 0 bridgehead atoms. The van der Waals surface area contributed by atoms with E-state index in [1.807, 2.05) is 30.3 Å². The zero-order chi connectivity index (χ0) is 10.4. The van der Waals surface area contributed by atoms with Crippen molar-refractivity contribution in [1.82, 2.24) is 0 Å². The van der Waals surface area contributed by atoms with Crippen molar-refractivity contribution in [2.24, 2.45) is 5.73 Å². The largest absolute Gasteiger partial charge is 0.460 e. The quantitative estimate of drug-likeness (QED) is 0.666. The Morgan fingerprint density at radius 3 is 2.64 bits per heavy atom. The number of carbonyl (C=O) groups is 1. The van der Waals surface area contributed by atoms with Crippen LogP contribution in [-0.4, -0.2) is 23.7 Å². The molecule has 0 radical (unpaired) electrons. The van der Waals surface area contributed by atoms with Crippen molar-refractivity contribution < 1.29 is 14.6 Å². The summed E-state index contributed by atoms with van der Waals surface area (Å²) in [5.74, 6) is -0.587. The van der Waals surface area contributed by atoms with Crippen LogP contribution >= 0.6 is 0 Å². The number of benzene rings is 1. The van der Waals surface area contributed by atoms with Crippen LogP contribution in [0.15, 0.2) is 30.3 Å². The monoisotopic (exact) mass is 195 g/mol. The lowest BCUT2D eigenvalue weighted by molar-refractivity contribution is -0.147. The van der Waals surface area contributed by atoms with Crippen molar-refractivity contribution >= 4 is 5.97 Å². The first kappa shape index (κ1) is 10.7. The number of hydrogen-bond acceptors (Lipinski definition) is 4. The zero-order valence-electron chi connectivity index (χ0n) is 7.72. The van der Waals surface area contributed by atoms with Crippen LogP contribution in [-0.2, 0) is 16.1 Å². The Morgan fingerprint density at radius 1 is 1.43 bits per heavy atom. The van der Waals surface area contributed by atoms with Gasteiger partial charge in [-0.3, -0.25) is 4.79 Å². The highest BCUT2D eigenvalue weighted by Gasteiger charge is 2.12. The van der Waals surface area contributed by atoms with E-state index in [1.165, 1.54) is 0 Å². The van der Waals surface area contributed by atoms with Gasteiger partial charge in [-0.15, -0.1) is 0 Å². The van der Waals surface area contributed by atoms with Crippen molar-refractivity contribution in [3.8, 4) is 0 Å². The van der Waals surface area contributed by atoms with Crippen LogP contribution in [0.4, 0.5) is 0 Å². The third-order valence-electron chi connectivity index (χ3n) is 1.72. The third-order valence-corrected chi connectivity index (χ3v) is 1.72. The predicted molar refractivity (Wildman–Crippen MR) is 51.3 cm³/mol. The zero-order valence-corrected chi connectivity index (χ0v) is 7.72. The van der Waals surface area contributed by atoms with Gasteiger partial charge in [0.25, 0.3) is 0 Å². The number of aliphatic hydroxyl groups excluding tert-OH is 1. The maximum Gasteiger partial charge on any atom is 0.325 e. The molecule has 1 aromatic carbocycles.